The van der Waals surface area contributed by atoms with Crippen LogP contribution in [0.5, 0.6) is 5.75 Å². The van der Waals surface area contributed by atoms with Crippen molar-refractivity contribution in [3.63, 3.8) is 0 Å². The molecule has 0 radical (unpaired) electrons. The van der Waals surface area contributed by atoms with Crippen LogP contribution in [-0.2, 0) is 19.1 Å². The number of aryl methyl sites for hydroxylation is 2. The van der Waals surface area contributed by atoms with Gasteiger partial charge in [-0.1, -0.05) is 6.07 Å². The highest BCUT2D eigenvalue weighted by molar-refractivity contribution is 5.94. The number of hydrogen-bond acceptors (Lipinski definition) is 6. The van der Waals surface area contributed by atoms with Gasteiger partial charge < -0.3 is 24.8 Å². The summed E-state index contributed by atoms with van der Waals surface area (Å²) in [5.41, 5.74) is 2.60. The number of carbonyl (C=O) groups is 3. The first kappa shape index (κ1) is 20.3. The molecule has 8 nitrogen and oxygen atoms in total. The van der Waals surface area contributed by atoms with Crippen molar-refractivity contribution in [2.75, 3.05) is 19.8 Å². The lowest BCUT2D eigenvalue weighted by Gasteiger charge is -2.26. The van der Waals surface area contributed by atoms with Gasteiger partial charge in [0.15, 0.2) is 6.61 Å². The predicted molar refractivity (Wildman–Crippen MR) is 97.2 cm³/mol. The highest BCUT2D eigenvalue weighted by Gasteiger charge is 2.30. The van der Waals surface area contributed by atoms with Gasteiger partial charge in [-0.25, -0.2) is 14.4 Å². The number of nitrogens with one attached hydrogen (secondary N) is 2. The first-order valence-electron chi connectivity index (χ1n) is 8.65. The van der Waals surface area contributed by atoms with Crippen LogP contribution < -0.4 is 15.4 Å². The minimum absolute atomic E-state index is 0.194. The summed E-state index contributed by atoms with van der Waals surface area (Å²) in [5, 5.41) is 5.06. The molecule has 0 bridgehead atoms. The maximum absolute atomic E-state index is 12.1. The fourth-order valence-corrected chi connectivity index (χ4v) is 2.53. The second kappa shape index (κ2) is 9.07. The standard InChI is InChI=1S/C19H24N2O6/c1-5-25-18(23)17-13(4)20-19(24)21-15(17)9-27-16(22)10-26-14-7-6-11(2)12(3)8-14/h6-8,13H,5,9-10H2,1-4H3,(H2,20,21,24). The van der Waals surface area contributed by atoms with Crippen molar-refractivity contribution >= 4 is 18.0 Å². The number of amides is 2. The smallest absolute Gasteiger partial charge is 0.344 e. The van der Waals surface area contributed by atoms with Gasteiger partial charge in [0, 0.05) is 0 Å². The van der Waals surface area contributed by atoms with Gasteiger partial charge in [-0.05, 0) is 51.0 Å². The Morgan fingerprint density at radius 3 is 2.56 bits per heavy atom. The second-order valence-electron chi connectivity index (χ2n) is 6.13. The molecule has 0 aromatic heterocycles. The molecule has 8 heteroatoms. The van der Waals surface area contributed by atoms with Crippen LogP contribution in [0.1, 0.15) is 25.0 Å². The Balaban J connectivity index is 1.98. The topological polar surface area (TPSA) is 103 Å². The molecule has 1 aliphatic heterocycles. The highest BCUT2D eigenvalue weighted by atomic mass is 16.6. The number of carbonyl (C=O) groups excluding carboxylic acids is 3. The van der Waals surface area contributed by atoms with Crippen LogP contribution in [0.4, 0.5) is 4.79 Å². The van der Waals surface area contributed by atoms with Gasteiger partial charge in [-0.15, -0.1) is 0 Å². The minimum atomic E-state index is -0.621. The Bertz CT molecular complexity index is 771. The summed E-state index contributed by atoms with van der Waals surface area (Å²) in [7, 11) is 0. The Labute approximate surface area is 157 Å². The Morgan fingerprint density at radius 1 is 1.15 bits per heavy atom. The lowest BCUT2D eigenvalue weighted by atomic mass is 10.0. The number of rotatable bonds is 7. The molecule has 0 saturated heterocycles. The third-order valence-corrected chi connectivity index (χ3v) is 4.08. The maximum atomic E-state index is 12.1. The summed E-state index contributed by atoms with van der Waals surface area (Å²) >= 11 is 0. The van der Waals surface area contributed by atoms with Crippen LogP contribution in [0, 0.1) is 13.8 Å². The fourth-order valence-electron chi connectivity index (χ4n) is 2.53. The average molecular weight is 376 g/mol. The second-order valence-corrected chi connectivity index (χ2v) is 6.13. The van der Waals surface area contributed by atoms with E-state index in [1.807, 2.05) is 26.0 Å². The van der Waals surface area contributed by atoms with Crippen molar-refractivity contribution in [1.82, 2.24) is 10.6 Å². The molecule has 1 unspecified atom stereocenters. The minimum Gasteiger partial charge on any atom is -0.482 e. The van der Waals surface area contributed by atoms with Crippen molar-refractivity contribution in [2.45, 2.75) is 33.7 Å². The number of ether oxygens (including phenoxy) is 3. The lowest BCUT2D eigenvalue weighted by molar-refractivity contribution is -0.145. The van der Waals surface area contributed by atoms with Crippen LogP contribution in [-0.4, -0.2) is 43.8 Å². The normalized spacial score (nSPS) is 16.3. The van der Waals surface area contributed by atoms with Gasteiger partial charge in [0.05, 0.1) is 23.9 Å². The van der Waals surface area contributed by atoms with Crippen molar-refractivity contribution in [3.8, 4) is 5.75 Å². The molecule has 0 aliphatic carbocycles. The third kappa shape index (κ3) is 5.47. The van der Waals surface area contributed by atoms with Crippen LogP contribution in [0.25, 0.3) is 0 Å². The van der Waals surface area contributed by atoms with E-state index in [0.29, 0.717) is 5.75 Å². The van der Waals surface area contributed by atoms with E-state index in [0.717, 1.165) is 11.1 Å². The summed E-state index contributed by atoms with van der Waals surface area (Å²) in [5.74, 6) is -0.635. The van der Waals surface area contributed by atoms with Crippen molar-refractivity contribution in [3.05, 3.63) is 40.6 Å². The molecular weight excluding hydrogens is 352 g/mol. The van der Waals surface area contributed by atoms with Gasteiger partial charge in [-0.2, -0.15) is 0 Å². The SMILES string of the molecule is CCOC(=O)C1=C(COC(=O)COc2ccc(C)c(C)c2)NC(=O)NC1C. The highest BCUT2D eigenvalue weighted by Crippen LogP contribution is 2.17. The zero-order valence-electron chi connectivity index (χ0n) is 15.9. The zero-order chi connectivity index (χ0) is 20.0. The molecule has 146 valence electrons. The molecule has 1 atom stereocenters. The Kier molecular flexibility index (Phi) is 6.81. The van der Waals surface area contributed by atoms with E-state index in [1.165, 1.54) is 0 Å². The first-order chi connectivity index (χ1) is 12.8. The van der Waals surface area contributed by atoms with Crippen LogP contribution in [0.15, 0.2) is 29.5 Å². The first-order valence-corrected chi connectivity index (χ1v) is 8.65. The Morgan fingerprint density at radius 2 is 1.89 bits per heavy atom. The van der Waals surface area contributed by atoms with E-state index in [4.69, 9.17) is 14.2 Å². The van der Waals surface area contributed by atoms with Gasteiger partial charge in [0.1, 0.15) is 12.4 Å². The summed E-state index contributed by atoms with van der Waals surface area (Å²) in [6.07, 6.45) is 0. The summed E-state index contributed by atoms with van der Waals surface area (Å²) in [4.78, 5) is 35.7. The van der Waals surface area contributed by atoms with E-state index in [2.05, 4.69) is 10.6 Å². The molecule has 1 aliphatic rings. The molecule has 0 saturated carbocycles. The molecule has 2 N–H and O–H groups in total. The van der Waals surface area contributed by atoms with E-state index in [-0.39, 0.29) is 31.1 Å². The summed E-state index contributed by atoms with van der Waals surface area (Å²) in [6, 6.07) is 4.47. The van der Waals surface area contributed by atoms with Gasteiger partial charge in [0.2, 0.25) is 0 Å². The number of hydrogen-bond donors (Lipinski definition) is 2. The molecule has 2 rings (SSSR count). The molecule has 1 heterocycles. The van der Waals surface area contributed by atoms with Crippen molar-refractivity contribution in [1.29, 1.82) is 0 Å². The largest absolute Gasteiger partial charge is 0.482 e. The lowest BCUT2D eigenvalue weighted by Crippen LogP contribution is -2.50. The molecule has 27 heavy (non-hydrogen) atoms. The number of urea groups is 1. The summed E-state index contributed by atoms with van der Waals surface area (Å²) in [6.45, 7) is 6.91. The summed E-state index contributed by atoms with van der Waals surface area (Å²) < 4.78 is 15.6. The maximum Gasteiger partial charge on any atom is 0.344 e. The van der Waals surface area contributed by atoms with Crippen LogP contribution >= 0.6 is 0 Å². The molecule has 0 fully saturated rings. The zero-order valence-corrected chi connectivity index (χ0v) is 15.9. The molecule has 1 aromatic rings. The third-order valence-electron chi connectivity index (χ3n) is 4.08. The quantitative estimate of drug-likeness (QED) is 0.703. The van der Waals surface area contributed by atoms with Gasteiger partial charge in [-0.3, -0.25) is 0 Å². The molecule has 1 aromatic carbocycles. The Hall–Kier alpha value is -3.03. The van der Waals surface area contributed by atoms with Gasteiger partial charge >= 0.3 is 18.0 Å². The van der Waals surface area contributed by atoms with E-state index in [1.54, 1.807) is 19.9 Å². The fraction of sp³-hybridized carbons (Fsp3) is 0.421. The molecule has 2 amide bonds. The van der Waals surface area contributed by atoms with Crippen LogP contribution in [0.3, 0.4) is 0 Å². The van der Waals surface area contributed by atoms with E-state index < -0.39 is 24.0 Å². The molecule has 0 spiro atoms. The monoisotopic (exact) mass is 376 g/mol. The van der Waals surface area contributed by atoms with Gasteiger partial charge in [0.25, 0.3) is 0 Å². The van der Waals surface area contributed by atoms with Crippen molar-refractivity contribution < 1.29 is 28.6 Å². The van der Waals surface area contributed by atoms with Crippen molar-refractivity contribution in [2.24, 2.45) is 0 Å². The van der Waals surface area contributed by atoms with E-state index >= 15 is 0 Å². The van der Waals surface area contributed by atoms with E-state index in [9.17, 15) is 14.4 Å². The van der Waals surface area contributed by atoms with Crippen LogP contribution in [0.2, 0.25) is 0 Å². The average Bonchev–Trinajstić information content (AvgIpc) is 2.60. The number of esters is 2. The predicted octanol–water partition coefficient (Wildman–Crippen LogP) is 1.74. The molecular formula is C19H24N2O6. The number of benzene rings is 1.